The van der Waals surface area contributed by atoms with Crippen LogP contribution in [0, 0.1) is 6.92 Å². The monoisotopic (exact) mass is 340 g/mol. The number of H-pyrrole nitrogens is 1. The molecule has 0 bridgehead atoms. The van der Waals surface area contributed by atoms with Gasteiger partial charge in [0.25, 0.3) is 10.0 Å². The van der Waals surface area contributed by atoms with Gasteiger partial charge in [0.1, 0.15) is 10.0 Å². The summed E-state index contributed by atoms with van der Waals surface area (Å²) in [5.74, 6) is 0.823. The Labute approximate surface area is 134 Å². The van der Waals surface area contributed by atoms with E-state index in [1.54, 1.807) is 22.8 Å². The molecule has 0 aliphatic carbocycles. The van der Waals surface area contributed by atoms with Crippen molar-refractivity contribution in [2.24, 2.45) is 0 Å². The average molecular weight is 340 g/mol. The minimum atomic E-state index is -3.41. The lowest BCUT2D eigenvalue weighted by molar-refractivity contribution is 0.119. The van der Waals surface area contributed by atoms with Gasteiger partial charge in [0.05, 0.1) is 6.04 Å². The normalized spacial score (nSPS) is 21.3. The first kappa shape index (κ1) is 15.7. The van der Waals surface area contributed by atoms with Gasteiger partial charge in [-0.3, -0.25) is 4.90 Å². The predicted molar refractivity (Wildman–Crippen MR) is 86.4 cm³/mol. The van der Waals surface area contributed by atoms with Crippen LogP contribution in [0.3, 0.4) is 0 Å². The van der Waals surface area contributed by atoms with Gasteiger partial charge in [0.15, 0.2) is 0 Å². The Bertz CT molecular complexity index is 724. The van der Waals surface area contributed by atoms with Crippen LogP contribution in [0.25, 0.3) is 0 Å². The van der Waals surface area contributed by atoms with E-state index in [-0.39, 0.29) is 6.04 Å². The highest BCUT2D eigenvalue weighted by Gasteiger charge is 2.35. The van der Waals surface area contributed by atoms with Crippen molar-refractivity contribution in [3.63, 3.8) is 0 Å². The molecular weight excluding hydrogens is 320 g/mol. The van der Waals surface area contributed by atoms with E-state index in [2.05, 4.69) is 21.8 Å². The van der Waals surface area contributed by atoms with Crippen molar-refractivity contribution in [3.05, 3.63) is 35.2 Å². The van der Waals surface area contributed by atoms with Gasteiger partial charge in [-0.25, -0.2) is 13.4 Å². The fraction of sp³-hybridized carbons (Fsp3) is 0.500. The van der Waals surface area contributed by atoms with Crippen LogP contribution in [0.15, 0.2) is 28.7 Å². The highest BCUT2D eigenvalue weighted by atomic mass is 32.2. The molecule has 2 aromatic heterocycles. The summed E-state index contributed by atoms with van der Waals surface area (Å²) in [5.41, 5.74) is 0. The number of hydrogen-bond donors (Lipinski definition) is 1. The predicted octanol–water partition coefficient (Wildman–Crippen LogP) is 1.85. The number of aromatic amines is 1. The van der Waals surface area contributed by atoms with Crippen LogP contribution < -0.4 is 0 Å². The molecule has 1 aliphatic heterocycles. The number of piperazine rings is 1. The lowest BCUT2D eigenvalue weighted by Crippen LogP contribution is -2.50. The number of nitrogens with one attached hydrogen (secondary N) is 1. The molecule has 0 spiro atoms. The van der Waals surface area contributed by atoms with Crippen LogP contribution in [-0.4, -0.2) is 53.8 Å². The highest BCUT2D eigenvalue weighted by Crippen LogP contribution is 2.29. The molecule has 0 radical (unpaired) electrons. The maximum absolute atomic E-state index is 12.8. The minimum absolute atomic E-state index is 0.0235. The first-order chi connectivity index (χ1) is 10.5. The van der Waals surface area contributed by atoms with E-state index < -0.39 is 10.0 Å². The summed E-state index contributed by atoms with van der Waals surface area (Å²) in [5, 5.41) is 0. The van der Waals surface area contributed by atoms with Crippen LogP contribution in [-0.2, 0) is 10.0 Å². The Kier molecular flexibility index (Phi) is 4.35. The zero-order chi connectivity index (χ0) is 15.7. The van der Waals surface area contributed by atoms with E-state index in [9.17, 15) is 8.42 Å². The van der Waals surface area contributed by atoms with Gasteiger partial charge < -0.3 is 4.98 Å². The lowest BCUT2D eigenvalue weighted by Gasteiger charge is -2.39. The molecule has 1 atom stereocenters. The number of rotatable bonds is 4. The van der Waals surface area contributed by atoms with E-state index in [1.165, 1.54) is 11.3 Å². The third-order valence-electron chi connectivity index (χ3n) is 4.01. The third kappa shape index (κ3) is 2.83. The molecule has 8 heteroatoms. The fourth-order valence-electron chi connectivity index (χ4n) is 2.79. The second-order valence-corrected chi connectivity index (χ2v) is 8.80. The Balaban J connectivity index is 1.87. The molecule has 1 saturated heterocycles. The number of aryl methyl sites for hydroxylation is 1. The number of nitrogens with zero attached hydrogens (tertiary/aromatic N) is 3. The van der Waals surface area contributed by atoms with Crippen molar-refractivity contribution in [3.8, 4) is 0 Å². The summed E-state index contributed by atoms with van der Waals surface area (Å²) in [6.07, 6.45) is 3.48. The third-order valence-corrected chi connectivity index (χ3v) is 7.34. The quantitative estimate of drug-likeness (QED) is 0.922. The number of imidazole rings is 1. The summed E-state index contributed by atoms with van der Waals surface area (Å²) in [6.45, 7) is 6.54. The Morgan fingerprint density at radius 3 is 2.82 bits per heavy atom. The van der Waals surface area contributed by atoms with Gasteiger partial charge in [-0.2, -0.15) is 4.31 Å². The van der Waals surface area contributed by atoms with Crippen molar-refractivity contribution < 1.29 is 8.42 Å². The van der Waals surface area contributed by atoms with Crippen molar-refractivity contribution in [2.45, 2.75) is 24.1 Å². The van der Waals surface area contributed by atoms with Gasteiger partial charge in [0, 0.05) is 36.9 Å². The van der Waals surface area contributed by atoms with E-state index in [4.69, 9.17) is 0 Å². The number of aromatic nitrogens is 2. The Hall–Kier alpha value is -1.22. The molecule has 120 valence electrons. The Morgan fingerprint density at radius 2 is 2.23 bits per heavy atom. The summed E-state index contributed by atoms with van der Waals surface area (Å²) in [7, 11) is -3.41. The van der Waals surface area contributed by atoms with Crippen molar-refractivity contribution in [1.82, 2.24) is 19.2 Å². The average Bonchev–Trinajstić information content (AvgIpc) is 3.18. The molecule has 3 heterocycles. The van der Waals surface area contributed by atoms with Gasteiger partial charge in [0.2, 0.25) is 0 Å². The summed E-state index contributed by atoms with van der Waals surface area (Å²) >= 11 is 1.33. The van der Waals surface area contributed by atoms with Crippen LogP contribution in [0.2, 0.25) is 0 Å². The van der Waals surface area contributed by atoms with Gasteiger partial charge in [-0.15, -0.1) is 11.3 Å². The smallest absolute Gasteiger partial charge is 0.252 e. The molecule has 0 amide bonds. The van der Waals surface area contributed by atoms with Crippen LogP contribution in [0.1, 0.15) is 23.7 Å². The van der Waals surface area contributed by atoms with Gasteiger partial charge in [-0.1, -0.05) is 6.92 Å². The number of sulfonamides is 1. The zero-order valence-electron chi connectivity index (χ0n) is 12.7. The molecule has 0 unspecified atom stereocenters. The largest absolute Gasteiger partial charge is 0.347 e. The summed E-state index contributed by atoms with van der Waals surface area (Å²) in [6, 6.07) is 3.53. The lowest BCUT2D eigenvalue weighted by atomic mass is 10.2. The number of thiophene rings is 1. The second kappa shape index (κ2) is 6.11. The van der Waals surface area contributed by atoms with E-state index in [0.717, 1.165) is 17.2 Å². The van der Waals surface area contributed by atoms with Crippen LogP contribution >= 0.6 is 11.3 Å². The van der Waals surface area contributed by atoms with Crippen molar-refractivity contribution in [1.29, 1.82) is 0 Å². The SMILES string of the molecule is CCN1CCN(S(=O)(=O)c2ccc(C)s2)C[C@H]1c1ncc[nH]1. The van der Waals surface area contributed by atoms with E-state index >= 15 is 0 Å². The molecule has 0 aromatic carbocycles. The first-order valence-electron chi connectivity index (χ1n) is 7.32. The molecule has 2 aromatic rings. The van der Waals surface area contributed by atoms with Crippen molar-refractivity contribution in [2.75, 3.05) is 26.2 Å². The van der Waals surface area contributed by atoms with Gasteiger partial charge >= 0.3 is 0 Å². The molecule has 1 N–H and O–H groups in total. The van der Waals surface area contributed by atoms with Crippen LogP contribution in [0.4, 0.5) is 0 Å². The molecule has 1 aliphatic rings. The minimum Gasteiger partial charge on any atom is -0.347 e. The van der Waals surface area contributed by atoms with E-state index in [0.29, 0.717) is 23.8 Å². The molecule has 22 heavy (non-hydrogen) atoms. The first-order valence-corrected chi connectivity index (χ1v) is 9.58. The highest BCUT2D eigenvalue weighted by molar-refractivity contribution is 7.91. The molecule has 6 nitrogen and oxygen atoms in total. The zero-order valence-corrected chi connectivity index (χ0v) is 14.3. The summed E-state index contributed by atoms with van der Waals surface area (Å²) < 4.78 is 27.6. The van der Waals surface area contributed by atoms with Gasteiger partial charge in [-0.05, 0) is 25.6 Å². The molecule has 1 fully saturated rings. The standard InChI is InChI=1S/C14H20N4O2S2/c1-3-17-8-9-18(10-12(17)14-15-6-7-16-14)22(19,20)13-5-4-11(2)21-13/h4-7,12H,3,8-10H2,1-2H3,(H,15,16)/t12-/m0/s1. The van der Waals surface area contributed by atoms with E-state index in [1.807, 2.05) is 13.0 Å². The number of likely N-dealkylation sites (N-methyl/N-ethyl adjacent to an activating group) is 1. The summed E-state index contributed by atoms with van der Waals surface area (Å²) in [4.78, 5) is 10.7. The molecule has 0 saturated carbocycles. The van der Waals surface area contributed by atoms with Crippen LogP contribution in [0.5, 0.6) is 0 Å². The fourth-order valence-corrected chi connectivity index (χ4v) is 5.66. The Morgan fingerprint density at radius 1 is 1.41 bits per heavy atom. The maximum Gasteiger partial charge on any atom is 0.252 e. The van der Waals surface area contributed by atoms with Crippen molar-refractivity contribution >= 4 is 21.4 Å². The second-order valence-electron chi connectivity index (χ2n) is 5.35. The molecule has 3 rings (SSSR count). The molecular formula is C14H20N4O2S2. The number of hydrogen-bond acceptors (Lipinski definition) is 5. The topological polar surface area (TPSA) is 69.3 Å². The maximum atomic E-state index is 12.8.